The van der Waals surface area contributed by atoms with E-state index in [2.05, 4.69) is 15.9 Å². The van der Waals surface area contributed by atoms with Crippen molar-refractivity contribution in [1.29, 1.82) is 5.26 Å². The zero-order valence-corrected chi connectivity index (χ0v) is 9.69. The van der Waals surface area contributed by atoms with Gasteiger partial charge >= 0.3 is 0 Å². The largest absolute Gasteiger partial charge is 0.207 e. The van der Waals surface area contributed by atoms with Crippen LogP contribution in [-0.4, -0.2) is 0 Å². The first-order valence-corrected chi connectivity index (χ1v) is 5.33. The van der Waals surface area contributed by atoms with Crippen molar-refractivity contribution in [3.63, 3.8) is 0 Å². The van der Waals surface area contributed by atoms with Gasteiger partial charge in [0.05, 0.1) is 11.6 Å². The average molecular weight is 340 g/mol. The first-order chi connectivity index (χ1) is 5.69. The summed E-state index contributed by atoms with van der Waals surface area (Å²) in [5.41, 5.74) is 0.969. The molecule has 0 N–H and O–H groups in total. The quantitative estimate of drug-likeness (QED) is 0.569. The van der Waals surface area contributed by atoms with Gasteiger partial charge < -0.3 is 0 Å². The van der Waals surface area contributed by atoms with Gasteiger partial charge in [0.15, 0.2) is 0 Å². The van der Waals surface area contributed by atoms with Crippen molar-refractivity contribution >= 4 is 38.5 Å². The van der Waals surface area contributed by atoms with E-state index in [1.54, 1.807) is 6.07 Å². The zero-order valence-electron chi connectivity index (χ0n) is 5.94. The molecule has 0 atom stereocenters. The zero-order chi connectivity index (χ0) is 9.14. The number of hydrogen-bond acceptors (Lipinski definition) is 1. The van der Waals surface area contributed by atoms with Crippen LogP contribution in [0.4, 0.5) is 4.39 Å². The Bertz CT molecular complexity index is 322. The highest BCUT2D eigenvalue weighted by molar-refractivity contribution is 14.1. The van der Waals surface area contributed by atoms with Crippen molar-refractivity contribution in [2.24, 2.45) is 0 Å². The molecule has 1 aromatic carbocycles. The lowest BCUT2D eigenvalue weighted by molar-refractivity contribution is 0.616. The summed E-state index contributed by atoms with van der Waals surface area (Å²) >= 11 is 5.19. The van der Waals surface area contributed by atoms with E-state index in [0.29, 0.717) is 16.5 Å². The van der Waals surface area contributed by atoms with Crippen LogP contribution in [0, 0.1) is 20.7 Å². The summed E-state index contributed by atoms with van der Waals surface area (Å²) in [5.74, 6) is -0.324. The summed E-state index contributed by atoms with van der Waals surface area (Å²) in [6.07, 6.45) is 0. The van der Waals surface area contributed by atoms with E-state index in [1.165, 1.54) is 6.07 Å². The summed E-state index contributed by atoms with van der Waals surface area (Å²) in [7, 11) is 0. The maximum atomic E-state index is 13.1. The van der Waals surface area contributed by atoms with Gasteiger partial charge in [0.25, 0.3) is 0 Å². The van der Waals surface area contributed by atoms with Crippen LogP contribution >= 0.6 is 38.5 Å². The second kappa shape index (κ2) is 4.19. The number of nitrogens with zero attached hydrogens (tertiary/aromatic N) is 1. The predicted octanol–water partition coefficient (Wildman–Crippen LogP) is 3.20. The number of hydrogen-bond donors (Lipinski definition) is 0. The monoisotopic (exact) mass is 339 g/mol. The molecule has 0 radical (unpaired) electrons. The fraction of sp³-hybridized carbons (Fsp3) is 0.125. The summed E-state index contributed by atoms with van der Waals surface area (Å²) in [5, 5.41) is 8.99. The van der Waals surface area contributed by atoms with Crippen molar-refractivity contribution in [1.82, 2.24) is 0 Å². The minimum absolute atomic E-state index is 0.324. The second-order valence-electron chi connectivity index (χ2n) is 2.16. The topological polar surface area (TPSA) is 23.8 Å². The molecule has 0 fully saturated rings. The van der Waals surface area contributed by atoms with Gasteiger partial charge in [-0.1, -0.05) is 15.9 Å². The molecule has 0 spiro atoms. The number of rotatable bonds is 1. The van der Waals surface area contributed by atoms with Gasteiger partial charge in [0.2, 0.25) is 0 Å². The Balaban J connectivity index is 3.30. The van der Waals surface area contributed by atoms with Gasteiger partial charge in [0.1, 0.15) is 5.82 Å². The normalized spacial score (nSPS) is 9.50. The number of alkyl halides is 1. The molecule has 0 bridgehead atoms. The predicted molar refractivity (Wildman–Crippen MR) is 56.5 cm³/mol. The molecule has 4 heteroatoms. The minimum Gasteiger partial charge on any atom is -0.207 e. The van der Waals surface area contributed by atoms with E-state index >= 15 is 0 Å². The fourth-order valence-electron chi connectivity index (χ4n) is 0.795. The molecule has 0 aliphatic rings. The molecule has 0 saturated carbocycles. The van der Waals surface area contributed by atoms with Crippen molar-refractivity contribution < 1.29 is 4.39 Å². The van der Waals surface area contributed by atoms with Crippen LogP contribution in [0.5, 0.6) is 0 Å². The number of benzene rings is 1. The molecule has 0 aromatic heterocycles. The summed E-state index contributed by atoms with van der Waals surface area (Å²) in [6.45, 7) is 0. The highest BCUT2D eigenvalue weighted by Gasteiger charge is 2.07. The van der Waals surface area contributed by atoms with Gasteiger partial charge in [-0.05, 0) is 34.7 Å². The molecule has 1 rings (SSSR count). The van der Waals surface area contributed by atoms with Gasteiger partial charge in [0, 0.05) is 14.5 Å². The first kappa shape index (κ1) is 9.93. The third kappa shape index (κ3) is 1.96. The molecule has 62 valence electrons. The van der Waals surface area contributed by atoms with Crippen molar-refractivity contribution in [2.45, 2.75) is 5.33 Å². The molecule has 0 aliphatic heterocycles. The van der Waals surface area contributed by atoms with Crippen LogP contribution in [0.2, 0.25) is 0 Å². The van der Waals surface area contributed by atoms with E-state index in [9.17, 15) is 4.39 Å². The Morgan fingerprint density at radius 3 is 2.67 bits per heavy atom. The molecule has 0 aliphatic carbocycles. The van der Waals surface area contributed by atoms with E-state index in [4.69, 9.17) is 5.26 Å². The maximum absolute atomic E-state index is 13.1. The molecule has 12 heavy (non-hydrogen) atoms. The molecule has 1 nitrogen and oxygen atoms in total. The lowest BCUT2D eigenvalue weighted by Crippen LogP contribution is -1.92. The molecular formula is C8H4BrFIN. The van der Waals surface area contributed by atoms with Crippen LogP contribution in [0.1, 0.15) is 11.1 Å². The summed E-state index contributed by atoms with van der Waals surface area (Å²) < 4.78 is 13.9. The van der Waals surface area contributed by atoms with E-state index in [0.717, 1.165) is 3.57 Å². The van der Waals surface area contributed by atoms with Crippen LogP contribution in [0.25, 0.3) is 0 Å². The summed E-state index contributed by atoms with van der Waals surface area (Å²) in [4.78, 5) is 0. The van der Waals surface area contributed by atoms with Gasteiger partial charge in [-0.2, -0.15) is 5.26 Å². The van der Waals surface area contributed by atoms with Gasteiger partial charge in [-0.15, -0.1) is 0 Å². The minimum atomic E-state index is -0.324. The lowest BCUT2D eigenvalue weighted by atomic mass is 10.1. The summed E-state index contributed by atoms with van der Waals surface area (Å²) in [6, 6.07) is 4.82. The first-order valence-electron chi connectivity index (χ1n) is 3.13. The number of nitriles is 1. The van der Waals surface area contributed by atoms with Gasteiger partial charge in [-0.25, -0.2) is 4.39 Å². The second-order valence-corrected chi connectivity index (χ2v) is 3.89. The van der Waals surface area contributed by atoms with E-state index < -0.39 is 0 Å². The van der Waals surface area contributed by atoms with Gasteiger partial charge in [-0.3, -0.25) is 0 Å². The molecule has 1 aromatic rings. The highest BCUT2D eigenvalue weighted by Crippen LogP contribution is 2.20. The number of halogens is 3. The smallest absolute Gasteiger partial charge is 0.129 e. The Hall–Kier alpha value is -0.150. The molecule has 0 heterocycles. The van der Waals surface area contributed by atoms with Crippen LogP contribution in [-0.2, 0) is 5.33 Å². The van der Waals surface area contributed by atoms with E-state index in [-0.39, 0.29) is 5.82 Å². The molecule has 0 unspecified atom stereocenters. The average Bonchev–Trinajstić information content (AvgIpc) is 2.03. The van der Waals surface area contributed by atoms with Crippen molar-refractivity contribution in [2.75, 3.05) is 0 Å². The Labute approximate surface area is 91.8 Å². The van der Waals surface area contributed by atoms with Crippen LogP contribution in [0.15, 0.2) is 12.1 Å². The third-order valence-electron chi connectivity index (χ3n) is 1.40. The standard InChI is InChI=1S/C8H4BrFIN/c9-3-6-7(10)1-5(4-12)2-8(6)11/h1-2H,3H2. The van der Waals surface area contributed by atoms with Crippen LogP contribution < -0.4 is 0 Å². The highest BCUT2D eigenvalue weighted by atomic mass is 127. The molecule has 0 saturated heterocycles. The Kier molecular flexibility index (Phi) is 3.47. The lowest BCUT2D eigenvalue weighted by Gasteiger charge is -2.01. The van der Waals surface area contributed by atoms with E-state index in [1.807, 2.05) is 28.7 Å². The Morgan fingerprint density at radius 2 is 2.25 bits per heavy atom. The molecular weight excluding hydrogens is 336 g/mol. The molecule has 0 amide bonds. The maximum Gasteiger partial charge on any atom is 0.129 e. The third-order valence-corrected chi connectivity index (χ3v) is 2.93. The van der Waals surface area contributed by atoms with Crippen molar-refractivity contribution in [3.05, 3.63) is 32.6 Å². The van der Waals surface area contributed by atoms with Crippen molar-refractivity contribution in [3.8, 4) is 6.07 Å². The SMILES string of the molecule is N#Cc1cc(F)c(CBr)c(I)c1. The fourth-order valence-corrected chi connectivity index (χ4v) is 2.67. The van der Waals surface area contributed by atoms with Crippen LogP contribution in [0.3, 0.4) is 0 Å². The Morgan fingerprint density at radius 1 is 1.58 bits per heavy atom.